The number of hydrogen-bond donors (Lipinski definition) is 2. The van der Waals surface area contributed by atoms with E-state index in [1.807, 2.05) is 0 Å². The third kappa shape index (κ3) is 5.45. The van der Waals surface area contributed by atoms with Gasteiger partial charge in [-0.15, -0.1) is 0 Å². The molecule has 13 heteroatoms. The van der Waals surface area contributed by atoms with Crippen LogP contribution in [0.4, 0.5) is 24.8 Å². The zero-order chi connectivity index (χ0) is 26.3. The summed E-state index contributed by atoms with van der Waals surface area (Å²) in [5.41, 5.74) is -0.463. The molecule has 0 atom stereocenters. The molecule has 9 nitrogen and oxygen atoms in total. The van der Waals surface area contributed by atoms with E-state index in [4.69, 9.17) is 0 Å². The first-order valence-electron chi connectivity index (χ1n) is 10.9. The topological polar surface area (TPSA) is 127 Å². The molecule has 1 aromatic carbocycles. The van der Waals surface area contributed by atoms with Crippen molar-refractivity contribution in [3.8, 4) is 11.3 Å². The molecule has 0 aliphatic heterocycles. The number of aryl methyl sites for hydroxylation is 1. The maximum Gasteiger partial charge on any atom is 0.434 e. The summed E-state index contributed by atoms with van der Waals surface area (Å²) < 4.78 is 65.7. The van der Waals surface area contributed by atoms with E-state index in [0.29, 0.717) is 41.5 Å². The summed E-state index contributed by atoms with van der Waals surface area (Å²) >= 11 is 0. The molecule has 4 rings (SSSR count). The molecule has 1 fully saturated rings. The van der Waals surface area contributed by atoms with E-state index in [2.05, 4.69) is 30.0 Å². The van der Waals surface area contributed by atoms with Crippen LogP contribution in [-0.2, 0) is 26.4 Å². The van der Waals surface area contributed by atoms with Crippen molar-refractivity contribution in [2.45, 2.75) is 50.5 Å². The first-order chi connectivity index (χ1) is 16.8. The van der Waals surface area contributed by atoms with Gasteiger partial charge in [-0.3, -0.25) is 14.5 Å². The predicted molar refractivity (Wildman–Crippen MR) is 126 cm³/mol. The van der Waals surface area contributed by atoms with E-state index in [-0.39, 0.29) is 11.6 Å². The minimum absolute atomic E-state index is 0.0493. The number of nitrogens with one attached hydrogen (secondary N) is 2. The lowest BCUT2D eigenvalue weighted by Crippen LogP contribution is -2.36. The van der Waals surface area contributed by atoms with Crippen LogP contribution in [0.5, 0.6) is 0 Å². The number of anilines is 2. The van der Waals surface area contributed by atoms with Gasteiger partial charge in [0.15, 0.2) is 5.69 Å². The summed E-state index contributed by atoms with van der Waals surface area (Å²) in [5.74, 6) is -0.532. The highest BCUT2D eigenvalue weighted by molar-refractivity contribution is 7.93. The molecule has 0 spiro atoms. The molecule has 2 heterocycles. The van der Waals surface area contributed by atoms with Crippen LogP contribution in [0.2, 0.25) is 0 Å². The Balaban J connectivity index is 1.52. The Morgan fingerprint density at radius 1 is 1.06 bits per heavy atom. The summed E-state index contributed by atoms with van der Waals surface area (Å²) in [6.07, 6.45) is -0.185. The largest absolute Gasteiger partial charge is 0.434 e. The minimum Gasteiger partial charge on any atom is -0.325 e. The van der Waals surface area contributed by atoms with Crippen LogP contribution in [0.1, 0.15) is 43.6 Å². The highest BCUT2D eigenvalue weighted by atomic mass is 32.2. The van der Waals surface area contributed by atoms with Gasteiger partial charge in [-0.1, -0.05) is 6.07 Å². The number of sulfonamides is 1. The van der Waals surface area contributed by atoms with Crippen molar-refractivity contribution < 1.29 is 26.4 Å². The van der Waals surface area contributed by atoms with Crippen LogP contribution >= 0.6 is 0 Å². The van der Waals surface area contributed by atoms with Crippen molar-refractivity contribution in [3.63, 3.8) is 0 Å². The molecule has 36 heavy (non-hydrogen) atoms. The van der Waals surface area contributed by atoms with Gasteiger partial charge in [0.05, 0.1) is 34.4 Å². The zero-order valence-electron chi connectivity index (χ0n) is 19.6. The van der Waals surface area contributed by atoms with Crippen LogP contribution in [0, 0.1) is 6.92 Å². The Bertz CT molecular complexity index is 1420. The standard InChI is InChI=1S/C23H23F3N6O3S/c1-13-10-14(17-11-27-12-19(29-17)23(24,25)26)4-7-16(13)30-20(33)22(2,3)18-8-9-28-21(31-18)32-36(34,35)15-5-6-15/h4,7-12,15H,5-6H2,1-3H3,(H,30,33)(H,28,31,32). The van der Waals surface area contributed by atoms with Crippen molar-refractivity contribution in [2.24, 2.45) is 0 Å². The lowest BCUT2D eigenvalue weighted by Gasteiger charge is -2.24. The predicted octanol–water partition coefficient (Wildman–Crippen LogP) is 4.08. The molecule has 190 valence electrons. The van der Waals surface area contributed by atoms with Crippen molar-refractivity contribution in [3.05, 3.63) is 59.8 Å². The highest BCUT2D eigenvalue weighted by Crippen LogP contribution is 2.32. The zero-order valence-corrected chi connectivity index (χ0v) is 20.4. The Morgan fingerprint density at radius 3 is 2.42 bits per heavy atom. The Morgan fingerprint density at radius 2 is 1.78 bits per heavy atom. The number of alkyl halides is 3. The SMILES string of the molecule is Cc1cc(-c2cncc(C(F)(F)F)n2)ccc1NC(=O)C(C)(C)c1ccnc(NS(=O)(=O)C2CC2)n1. The van der Waals surface area contributed by atoms with E-state index in [0.717, 1.165) is 0 Å². The lowest BCUT2D eigenvalue weighted by atomic mass is 9.87. The third-order valence-corrected chi connectivity index (χ3v) is 7.57. The molecule has 0 unspecified atom stereocenters. The number of hydrogen-bond acceptors (Lipinski definition) is 7. The average molecular weight is 521 g/mol. The molecule has 2 aromatic heterocycles. The second kappa shape index (κ2) is 9.12. The number of rotatable bonds is 7. The maximum atomic E-state index is 13.2. The number of amides is 1. The smallest absolute Gasteiger partial charge is 0.325 e. The molecule has 1 aliphatic rings. The van der Waals surface area contributed by atoms with E-state index < -0.39 is 38.5 Å². The van der Waals surface area contributed by atoms with Crippen molar-refractivity contribution >= 4 is 27.6 Å². The number of carbonyl (C=O) groups is 1. The summed E-state index contributed by atoms with van der Waals surface area (Å²) in [5, 5.41) is 2.36. The van der Waals surface area contributed by atoms with Crippen molar-refractivity contribution in [1.82, 2.24) is 19.9 Å². The normalized spacial score (nSPS) is 14.4. The van der Waals surface area contributed by atoms with Crippen LogP contribution in [-0.4, -0.2) is 39.5 Å². The molecule has 0 bridgehead atoms. The fraction of sp³-hybridized carbons (Fsp3) is 0.348. The van der Waals surface area contributed by atoms with E-state index >= 15 is 0 Å². The Hall–Kier alpha value is -3.61. The number of benzene rings is 1. The minimum atomic E-state index is -4.62. The van der Waals surface area contributed by atoms with Gasteiger partial charge in [0.1, 0.15) is 0 Å². The lowest BCUT2D eigenvalue weighted by molar-refractivity contribution is -0.141. The quantitative estimate of drug-likeness (QED) is 0.481. The molecular formula is C23H23F3N6O3S. The molecule has 0 radical (unpaired) electrons. The number of carbonyl (C=O) groups excluding carboxylic acids is 1. The van der Waals surface area contributed by atoms with Gasteiger partial charge in [0, 0.05) is 17.4 Å². The molecule has 1 saturated carbocycles. The molecule has 2 N–H and O–H groups in total. The first kappa shape index (κ1) is 25.5. The maximum absolute atomic E-state index is 13.2. The molecule has 1 aliphatic carbocycles. The van der Waals surface area contributed by atoms with Gasteiger partial charge in [-0.25, -0.2) is 23.4 Å². The van der Waals surface area contributed by atoms with E-state index in [1.165, 1.54) is 24.5 Å². The fourth-order valence-electron chi connectivity index (χ4n) is 3.34. The van der Waals surface area contributed by atoms with E-state index in [9.17, 15) is 26.4 Å². The molecular weight excluding hydrogens is 497 g/mol. The number of halogens is 3. The van der Waals surface area contributed by atoms with Gasteiger partial charge in [0.25, 0.3) is 0 Å². The molecule has 1 amide bonds. The van der Waals surface area contributed by atoms with Gasteiger partial charge in [-0.2, -0.15) is 13.2 Å². The third-order valence-electron chi connectivity index (χ3n) is 5.76. The summed E-state index contributed by atoms with van der Waals surface area (Å²) in [7, 11) is -3.56. The summed E-state index contributed by atoms with van der Waals surface area (Å²) in [4.78, 5) is 28.6. The average Bonchev–Trinajstić information content (AvgIpc) is 3.66. The molecule has 0 saturated heterocycles. The van der Waals surface area contributed by atoms with Gasteiger partial charge in [0.2, 0.25) is 21.9 Å². The van der Waals surface area contributed by atoms with Crippen LogP contribution in [0.15, 0.2) is 42.9 Å². The van der Waals surface area contributed by atoms with Crippen LogP contribution < -0.4 is 10.0 Å². The van der Waals surface area contributed by atoms with Crippen molar-refractivity contribution in [1.29, 1.82) is 0 Å². The van der Waals surface area contributed by atoms with Gasteiger partial charge in [-0.05, 0) is 57.4 Å². The summed E-state index contributed by atoms with van der Waals surface area (Å²) in [6, 6.07) is 6.23. The molecule has 3 aromatic rings. The fourth-order valence-corrected chi connectivity index (χ4v) is 4.62. The Labute approximate surface area is 205 Å². The van der Waals surface area contributed by atoms with Crippen molar-refractivity contribution in [2.75, 3.05) is 10.0 Å². The van der Waals surface area contributed by atoms with E-state index in [1.54, 1.807) is 32.9 Å². The Kier molecular flexibility index (Phi) is 6.45. The number of nitrogens with zero attached hydrogens (tertiary/aromatic N) is 4. The monoisotopic (exact) mass is 520 g/mol. The van der Waals surface area contributed by atoms with Crippen LogP contribution in [0.3, 0.4) is 0 Å². The summed E-state index contributed by atoms with van der Waals surface area (Å²) in [6.45, 7) is 4.96. The van der Waals surface area contributed by atoms with Crippen LogP contribution in [0.25, 0.3) is 11.3 Å². The second-order valence-corrected chi connectivity index (χ2v) is 11.0. The van der Waals surface area contributed by atoms with Gasteiger partial charge < -0.3 is 5.32 Å². The second-order valence-electron chi connectivity index (χ2n) is 9.01. The highest BCUT2D eigenvalue weighted by Gasteiger charge is 2.37. The van der Waals surface area contributed by atoms with Gasteiger partial charge >= 0.3 is 6.18 Å². The number of aromatic nitrogens is 4. The first-order valence-corrected chi connectivity index (χ1v) is 12.5.